The van der Waals surface area contributed by atoms with E-state index in [-0.39, 0.29) is 5.91 Å². The summed E-state index contributed by atoms with van der Waals surface area (Å²) in [4.78, 5) is 26.4. The molecule has 0 spiro atoms. The van der Waals surface area contributed by atoms with E-state index >= 15 is 0 Å². The van der Waals surface area contributed by atoms with Gasteiger partial charge in [-0.2, -0.15) is 4.98 Å². The molecule has 0 fully saturated rings. The molecule has 2 aromatic heterocycles. The Kier molecular flexibility index (Phi) is 4.06. The van der Waals surface area contributed by atoms with E-state index in [2.05, 4.69) is 25.3 Å². The second-order valence-corrected chi connectivity index (χ2v) is 5.92. The van der Waals surface area contributed by atoms with Crippen LogP contribution in [0.1, 0.15) is 11.1 Å². The smallest absolute Gasteiger partial charge is 0.296 e. The Morgan fingerprint density at radius 2 is 2.09 bits per heavy atom. The van der Waals surface area contributed by atoms with Gasteiger partial charge in [0.25, 0.3) is 12.0 Å². The van der Waals surface area contributed by atoms with Crippen molar-refractivity contribution in [1.82, 2.24) is 15.0 Å². The third kappa shape index (κ3) is 2.94. The molecular formula is C15H16N5OS+. The molecule has 7 heteroatoms. The van der Waals surface area contributed by atoms with Crippen LogP contribution in [-0.2, 0) is 4.79 Å². The van der Waals surface area contributed by atoms with Gasteiger partial charge in [-0.15, -0.1) is 0 Å². The summed E-state index contributed by atoms with van der Waals surface area (Å²) in [5.74, 6) is 0.267. The molecule has 22 heavy (non-hydrogen) atoms. The van der Waals surface area contributed by atoms with E-state index in [4.69, 9.17) is 0 Å². The number of fused-ring (bicyclic) bond motifs is 1. The lowest BCUT2D eigenvalue weighted by molar-refractivity contribution is -0.428. The maximum Gasteiger partial charge on any atom is 0.296 e. The average Bonchev–Trinajstić information content (AvgIpc) is 2.98. The van der Waals surface area contributed by atoms with Crippen LogP contribution >= 0.6 is 11.8 Å². The Bertz CT molecular complexity index is 809. The number of hydrogen-bond acceptors (Lipinski definition) is 4. The SMILES string of the molecule is Cc1cccc(C)c1NC(=O)CSc1[nH+]cnc2nc[nH]c12. The minimum absolute atomic E-state index is 0.0414. The molecule has 0 saturated carbocycles. The largest absolute Gasteiger partial charge is 0.337 e. The van der Waals surface area contributed by atoms with Crippen LogP contribution in [0.25, 0.3) is 11.2 Å². The minimum Gasteiger partial charge on any atom is -0.337 e. The summed E-state index contributed by atoms with van der Waals surface area (Å²) in [6.07, 6.45) is 3.17. The molecule has 3 N–H and O–H groups in total. The number of anilines is 1. The molecule has 1 amide bonds. The van der Waals surface area contributed by atoms with Gasteiger partial charge >= 0.3 is 0 Å². The molecule has 0 bridgehead atoms. The number of aromatic nitrogens is 4. The Labute approximate surface area is 131 Å². The first kappa shape index (κ1) is 14.5. The molecular weight excluding hydrogens is 298 g/mol. The lowest BCUT2D eigenvalue weighted by Crippen LogP contribution is -2.17. The van der Waals surface area contributed by atoms with Crippen molar-refractivity contribution in [3.8, 4) is 0 Å². The number of thioether (sulfide) groups is 1. The van der Waals surface area contributed by atoms with Crippen LogP contribution < -0.4 is 10.3 Å². The molecule has 0 aliphatic rings. The van der Waals surface area contributed by atoms with Gasteiger partial charge in [-0.05, 0) is 30.0 Å². The number of nitrogens with zero attached hydrogens (tertiary/aromatic N) is 2. The molecule has 0 atom stereocenters. The zero-order valence-electron chi connectivity index (χ0n) is 12.3. The van der Waals surface area contributed by atoms with E-state index in [0.29, 0.717) is 11.4 Å². The van der Waals surface area contributed by atoms with Gasteiger partial charge in [0.05, 0.1) is 12.1 Å². The van der Waals surface area contributed by atoms with Gasteiger partial charge < -0.3 is 10.3 Å². The number of nitrogens with one attached hydrogen (secondary N) is 3. The Balaban J connectivity index is 1.69. The number of aromatic amines is 2. The summed E-state index contributed by atoms with van der Waals surface area (Å²) in [5, 5.41) is 3.82. The van der Waals surface area contributed by atoms with Crippen molar-refractivity contribution in [2.45, 2.75) is 18.9 Å². The maximum absolute atomic E-state index is 12.2. The highest BCUT2D eigenvalue weighted by Gasteiger charge is 2.14. The van der Waals surface area contributed by atoms with Crippen molar-refractivity contribution in [3.05, 3.63) is 42.0 Å². The number of carbonyl (C=O) groups is 1. The zero-order chi connectivity index (χ0) is 15.5. The van der Waals surface area contributed by atoms with Crippen LogP contribution in [0.5, 0.6) is 0 Å². The summed E-state index contributed by atoms with van der Waals surface area (Å²) >= 11 is 1.41. The van der Waals surface area contributed by atoms with Crippen molar-refractivity contribution >= 4 is 34.5 Å². The zero-order valence-corrected chi connectivity index (χ0v) is 13.1. The Morgan fingerprint density at radius 3 is 2.86 bits per heavy atom. The molecule has 0 aliphatic carbocycles. The lowest BCUT2D eigenvalue weighted by atomic mass is 10.1. The number of amides is 1. The maximum atomic E-state index is 12.2. The van der Waals surface area contributed by atoms with E-state index in [1.165, 1.54) is 11.8 Å². The van der Waals surface area contributed by atoms with E-state index in [1.807, 2.05) is 32.0 Å². The molecule has 0 saturated heterocycles. The van der Waals surface area contributed by atoms with E-state index < -0.39 is 0 Å². The number of imidazole rings is 1. The molecule has 6 nitrogen and oxygen atoms in total. The summed E-state index contributed by atoms with van der Waals surface area (Å²) in [6, 6.07) is 5.96. The highest BCUT2D eigenvalue weighted by molar-refractivity contribution is 8.00. The fourth-order valence-corrected chi connectivity index (χ4v) is 2.99. The van der Waals surface area contributed by atoms with Gasteiger partial charge in [0.2, 0.25) is 5.91 Å². The fourth-order valence-electron chi connectivity index (χ4n) is 2.21. The third-order valence-electron chi connectivity index (χ3n) is 3.32. The highest BCUT2D eigenvalue weighted by atomic mass is 32.2. The van der Waals surface area contributed by atoms with Crippen LogP contribution in [0.2, 0.25) is 0 Å². The molecule has 112 valence electrons. The van der Waals surface area contributed by atoms with Gasteiger partial charge in [0, 0.05) is 5.69 Å². The number of aryl methyl sites for hydroxylation is 2. The quantitative estimate of drug-likeness (QED) is 0.570. The van der Waals surface area contributed by atoms with E-state index in [0.717, 1.165) is 27.4 Å². The number of carbonyl (C=O) groups excluding carboxylic acids is 1. The first-order chi connectivity index (χ1) is 10.6. The van der Waals surface area contributed by atoms with Crippen molar-refractivity contribution in [2.24, 2.45) is 0 Å². The first-order valence-corrected chi connectivity index (χ1v) is 7.82. The first-order valence-electron chi connectivity index (χ1n) is 6.84. The summed E-state index contributed by atoms with van der Waals surface area (Å²) in [7, 11) is 0. The predicted octanol–water partition coefficient (Wildman–Crippen LogP) is 2.12. The van der Waals surface area contributed by atoms with Crippen LogP contribution in [0.4, 0.5) is 5.69 Å². The molecule has 1 aromatic carbocycles. The number of benzene rings is 1. The Hall–Kier alpha value is -2.41. The molecule has 3 rings (SSSR count). The van der Waals surface area contributed by atoms with Crippen LogP contribution in [-0.4, -0.2) is 26.6 Å². The van der Waals surface area contributed by atoms with Crippen molar-refractivity contribution < 1.29 is 9.78 Å². The van der Waals surface area contributed by atoms with Gasteiger partial charge in [-0.1, -0.05) is 30.0 Å². The lowest BCUT2D eigenvalue weighted by Gasteiger charge is -2.10. The molecule has 0 aliphatic heterocycles. The molecule has 0 unspecified atom stereocenters. The number of H-pyrrole nitrogens is 2. The van der Waals surface area contributed by atoms with Gasteiger partial charge in [-0.25, -0.2) is 4.98 Å². The predicted molar refractivity (Wildman–Crippen MR) is 85.7 cm³/mol. The minimum atomic E-state index is -0.0414. The number of hydrogen-bond donors (Lipinski definition) is 2. The van der Waals surface area contributed by atoms with Crippen LogP contribution in [0, 0.1) is 13.8 Å². The van der Waals surface area contributed by atoms with Crippen LogP contribution in [0.15, 0.2) is 35.9 Å². The monoisotopic (exact) mass is 314 g/mol. The van der Waals surface area contributed by atoms with Crippen molar-refractivity contribution in [2.75, 3.05) is 11.1 Å². The summed E-state index contributed by atoms with van der Waals surface area (Å²) < 4.78 is 0. The molecule has 0 radical (unpaired) electrons. The number of para-hydroxylation sites is 1. The second kappa shape index (κ2) is 6.15. The third-order valence-corrected chi connectivity index (χ3v) is 4.34. The van der Waals surface area contributed by atoms with Gasteiger partial charge in [0.1, 0.15) is 0 Å². The summed E-state index contributed by atoms with van der Waals surface area (Å²) in [6.45, 7) is 3.97. The van der Waals surface area contributed by atoms with Gasteiger partial charge in [0.15, 0.2) is 10.5 Å². The van der Waals surface area contributed by atoms with Crippen LogP contribution in [0.3, 0.4) is 0 Å². The standard InChI is InChI=1S/C15H15N5OS/c1-9-4-3-5-10(2)12(9)20-11(21)6-22-15-13-14(17-7-16-13)18-8-19-15/h3-5,7-8H,6H2,1-2H3,(H,20,21)(H,16,17,18,19)/p+1. The number of rotatable bonds is 4. The fraction of sp³-hybridized carbons (Fsp3) is 0.200. The topological polar surface area (TPSA) is 84.8 Å². The normalized spacial score (nSPS) is 10.8. The van der Waals surface area contributed by atoms with E-state index in [9.17, 15) is 4.79 Å². The Morgan fingerprint density at radius 1 is 1.32 bits per heavy atom. The van der Waals surface area contributed by atoms with Crippen molar-refractivity contribution in [1.29, 1.82) is 0 Å². The molecule has 2 heterocycles. The highest BCUT2D eigenvalue weighted by Crippen LogP contribution is 2.22. The average molecular weight is 314 g/mol. The molecule has 3 aromatic rings. The second-order valence-electron chi connectivity index (χ2n) is 4.94. The van der Waals surface area contributed by atoms with Gasteiger partial charge in [-0.3, -0.25) is 4.79 Å². The van der Waals surface area contributed by atoms with E-state index in [1.54, 1.807) is 12.7 Å². The van der Waals surface area contributed by atoms with Crippen molar-refractivity contribution in [3.63, 3.8) is 0 Å². The summed E-state index contributed by atoms with van der Waals surface area (Å²) in [5.41, 5.74) is 4.46.